The second kappa shape index (κ2) is 7.92. The first-order valence-corrected chi connectivity index (χ1v) is 8.94. The largest absolute Gasteiger partial charge is 0.494 e. The van der Waals surface area contributed by atoms with Gasteiger partial charge in [-0.3, -0.25) is 0 Å². The first-order valence-electron chi connectivity index (χ1n) is 8.94. The van der Waals surface area contributed by atoms with Crippen LogP contribution in [0.15, 0.2) is 18.2 Å². The summed E-state index contributed by atoms with van der Waals surface area (Å²) in [6.45, 7) is 6.90. The number of carbonyl (C=O) groups excluding carboxylic acids is 1. The number of carbonyl (C=O) groups is 1. The van der Waals surface area contributed by atoms with E-state index in [-0.39, 0.29) is 0 Å². The first-order chi connectivity index (χ1) is 12.7. The van der Waals surface area contributed by atoms with Crippen LogP contribution in [0.5, 0.6) is 0 Å². The smallest absolute Gasteiger partial charge is 0.399 e. The Hall–Kier alpha value is -1.78. The lowest BCUT2D eigenvalue weighted by Gasteiger charge is -2.32. The molecule has 10 heteroatoms. The highest BCUT2D eigenvalue weighted by atomic mass is 19.4. The van der Waals surface area contributed by atoms with Crippen molar-refractivity contribution < 1.29 is 27.3 Å². The number of hydrogen-bond acceptors (Lipinski definition) is 4. The van der Waals surface area contributed by atoms with E-state index in [4.69, 9.17) is 9.31 Å². The fraction of sp³-hybridized carbons (Fsp3) is 0.611. The topological polar surface area (TPSA) is 62.8 Å². The van der Waals surface area contributed by atoms with Gasteiger partial charge in [0.15, 0.2) is 0 Å². The molecule has 1 aromatic carbocycles. The molecule has 1 fully saturated rings. The molecule has 1 saturated heterocycles. The summed E-state index contributed by atoms with van der Waals surface area (Å²) in [7, 11) is 3.14. The molecule has 28 heavy (non-hydrogen) atoms. The van der Waals surface area contributed by atoms with Crippen molar-refractivity contribution in [2.75, 3.05) is 26.0 Å². The Bertz CT molecular complexity index is 708. The van der Waals surface area contributed by atoms with Gasteiger partial charge in [-0.2, -0.15) is 13.2 Å². The highest BCUT2D eigenvalue weighted by Crippen LogP contribution is 2.36. The second-order valence-corrected chi connectivity index (χ2v) is 8.21. The quantitative estimate of drug-likeness (QED) is 0.745. The van der Waals surface area contributed by atoms with E-state index in [2.05, 4.69) is 5.32 Å². The maximum Gasteiger partial charge on any atom is 0.494 e. The molecule has 0 aliphatic carbocycles. The molecule has 1 aliphatic heterocycles. The van der Waals surface area contributed by atoms with E-state index in [1.807, 2.05) is 52.8 Å². The minimum Gasteiger partial charge on any atom is -0.399 e. The van der Waals surface area contributed by atoms with E-state index in [0.29, 0.717) is 17.7 Å². The van der Waals surface area contributed by atoms with Gasteiger partial charge in [0, 0.05) is 12.2 Å². The molecule has 1 aliphatic rings. The first kappa shape index (κ1) is 22.5. The third kappa shape index (κ3) is 5.86. The van der Waals surface area contributed by atoms with Crippen molar-refractivity contribution in [1.82, 2.24) is 10.2 Å². The summed E-state index contributed by atoms with van der Waals surface area (Å²) in [6, 6.07) is 4.33. The lowest BCUT2D eigenvalue weighted by atomic mass is 9.78. The van der Waals surface area contributed by atoms with Crippen molar-refractivity contribution >= 4 is 24.3 Å². The van der Waals surface area contributed by atoms with E-state index >= 15 is 0 Å². The highest BCUT2D eigenvalue weighted by Gasteiger charge is 2.51. The summed E-state index contributed by atoms with van der Waals surface area (Å²) in [5, 5.41) is 4.25. The van der Waals surface area contributed by atoms with Crippen LogP contribution in [0.1, 0.15) is 33.3 Å². The molecule has 0 saturated carbocycles. The van der Waals surface area contributed by atoms with Crippen LogP contribution >= 0.6 is 0 Å². The van der Waals surface area contributed by atoms with Crippen molar-refractivity contribution in [1.29, 1.82) is 0 Å². The molecule has 0 spiro atoms. The Kier molecular flexibility index (Phi) is 6.37. The number of benzene rings is 1. The van der Waals surface area contributed by atoms with E-state index in [1.165, 1.54) is 0 Å². The lowest BCUT2D eigenvalue weighted by Crippen LogP contribution is -2.41. The second-order valence-electron chi connectivity index (χ2n) is 8.21. The van der Waals surface area contributed by atoms with E-state index in [0.717, 1.165) is 5.56 Å². The number of anilines is 1. The number of alkyl halides is 3. The summed E-state index contributed by atoms with van der Waals surface area (Å²) in [4.78, 5) is 13.8. The number of nitrogens with zero attached hydrogens (tertiary/aromatic N) is 1. The Morgan fingerprint density at radius 2 is 1.68 bits per heavy atom. The van der Waals surface area contributed by atoms with Gasteiger partial charge >= 0.3 is 19.3 Å². The predicted molar refractivity (Wildman–Crippen MR) is 103 cm³/mol. The van der Waals surface area contributed by atoms with Gasteiger partial charge in [-0.25, -0.2) is 4.79 Å². The molecule has 6 nitrogen and oxygen atoms in total. The minimum atomic E-state index is -4.47. The van der Waals surface area contributed by atoms with Crippen molar-refractivity contribution in [3.05, 3.63) is 23.8 Å². The zero-order valence-corrected chi connectivity index (χ0v) is 17.0. The molecule has 2 amide bonds. The van der Waals surface area contributed by atoms with Gasteiger partial charge in [-0.05, 0) is 64.9 Å². The van der Waals surface area contributed by atoms with Gasteiger partial charge in [0.2, 0.25) is 0 Å². The van der Waals surface area contributed by atoms with Gasteiger partial charge in [0.1, 0.15) is 6.54 Å². The van der Waals surface area contributed by atoms with Crippen LogP contribution in [0.3, 0.4) is 0 Å². The standard InChI is InChI=1S/C18H27BF3N3O3/c1-16(2)17(3,4)28-19(27-16)13-7-12(10-25(5)6)8-14(9-13)24-15(26)23-11-18(20,21)22/h7-9H,10-11H2,1-6H3,(H2,23,24,26). The van der Waals surface area contributed by atoms with Crippen molar-refractivity contribution in [2.24, 2.45) is 0 Å². The molecular formula is C18H27BF3N3O3. The van der Waals surface area contributed by atoms with E-state index in [9.17, 15) is 18.0 Å². The van der Waals surface area contributed by atoms with Crippen molar-refractivity contribution in [3.8, 4) is 0 Å². The Balaban J connectivity index is 2.24. The molecule has 2 N–H and O–H groups in total. The third-order valence-corrected chi connectivity index (χ3v) is 4.75. The maximum absolute atomic E-state index is 12.3. The van der Waals surface area contributed by atoms with E-state index in [1.54, 1.807) is 17.4 Å². The van der Waals surface area contributed by atoms with Crippen LogP contribution in [-0.4, -0.2) is 56.1 Å². The monoisotopic (exact) mass is 401 g/mol. The normalized spacial score (nSPS) is 18.4. The van der Waals surface area contributed by atoms with Crippen LogP contribution < -0.4 is 16.1 Å². The molecule has 0 bridgehead atoms. The van der Waals surface area contributed by atoms with Gasteiger partial charge in [-0.1, -0.05) is 6.07 Å². The molecule has 0 atom stereocenters. The minimum absolute atomic E-state index is 0.365. The SMILES string of the molecule is CN(C)Cc1cc(NC(=O)NCC(F)(F)F)cc(B2OC(C)(C)C(C)(C)O2)c1. The molecule has 2 rings (SSSR count). The number of halogens is 3. The zero-order chi connectivity index (χ0) is 21.3. The van der Waals surface area contributed by atoms with Crippen LogP contribution in [-0.2, 0) is 15.9 Å². The van der Waals surface area contributed by atoms with E-state index < -0.39 is 37.1 Å². The van der Waals surface area contributed by atoms with Crippen molar-refractivity contribution in [3.63, 3.8) is 0 Å². The van der Waals surface area contributed by atoms with Gasteiger partial charge in [-0.15, -0.1) is 0 Å². The number of urea groups is 1. The van der Waals surface area contributed by atoms with Crippen LogP contribution in [0.2, 0.25) is 0 Å². The fourth-order valence-electron chi connectivity index (χ4n) is 2.72. The number of nitrogens with one attached hydrogen (secondary N) is 2. The van der Waals surface area contributed by atoms with Gasteiger partial charge < -0.3 is 24.8 Å². The summed E-state index contributed by atoms with van der Waals surface area (Å²) < 4.78 is 49.0. The number of rotatable bonds is 5. The van der Waals surface area contributed by atoms with Gasteiger partial charge in [0.05, 0.1) is 11.2 Å². The van der Waals surface area contributed by atoms with Crippen LogP contribution in [0.25, 0.3) is 0 Å². The average molecular weight is 401 g/mol. The van der Waals surface area contributed by atoms with Crippen molar-refractivity contribution in [2.45, 2.75) is 51.6 Å². The lowest BCUT2D eigenvalue weighted by molar-refractivity contribution is -0.122. The van der Waals surface area contributed by atoms with Gasteiger partial charge in [0.25, 0.3) is 0 Å². The summed E-state index contributed by atoms with van der Waals surface area (Å²) in [5.41, 5.74) is 0.843. The Morgan fingerprint density at radius 3 is 2.18 bits per heavy atom. The maximum atomic E-state index is 12.3. The highest BCUT2D eigenvalue weighted by molar-refractivity contribution is 6.62. The Morgan fingerprint density at radius 1 is 1.11 bits per heavy atom. The molecular weight excluding hydrogens is 374 g/mol. The summed E-state index contributed by atoms with van der Waals surface area (Å²) in [6.07, 6.45) is -4.47. The summed E-state index contributed by atoms with van der Waals surface area (Å²) >= 11 is 0. The zero-order valence-electron chi connectivity index (χ0n) is 17.0. The van der Waals surface area contributed by atoms with Crippen LogP contribution in [0, 0.1) is 0 Å². The molecule has 156 valence electrons. The molecule has 1 heterocycles. The predicted octanol–water partition coefficient (Wildman–Crippen LogP) is 2.73. The van der Waals surface area contributed by atoms with Crippen LogP contribution in [0.4, 0.5) is 23.7 Å². The molecule has 1 aromatic rings. The summed E-state index contributed by atoms with van der Waals surface area (Å²) in [5.74, 6) is 0. The number of amides is 2. The Labute approximate surface area is 163 Å². The average Bonchev–Trinajstić information content (AvgIpc) is 2.72. The molecule has 0 aromatic heterocycles. The fourth-order valence-corrected chi connectivity index (χ4v) is 2.72. The third-order valence-electron chi connectivity index (χ3n) is 4.75. The number of hydrogen-bond donors (Lipinski definition) is 2. The molecule has 0 unspecified atom stereocenters. The molecule has 0 radical (unpaired) electrons.